The van der Waals surface area contributed by atoms with Crippen molar-refractivity contribution in [2.45, 2.75) is 12.6 Å². The van der Waals surface area contributed by atoms with Crippen LogP contribution in [0, 0.1) is 11.7 Å². The lowest BCUT2D eigenvalue weighted by Gasteiger charge is -2.23. The molecule has 0 bridgehead atoms. The van der Waals surface area contributed by atoms with Gasteiger partial charge in [-0.05, 0) is 24.1 Å². The Kier molecular flexibility index (Phi) is 5.84. The molecule has 2 atom stereocenters. The summed E-state index contributed by atoms with van der Waals surface area (Å²) in [6, 6.07) is 5.32. The van der Waals surface area contributed by atoms with Crippen molar-refractivity contribution in [2.24, 2.45) is 5.92 Å². The maximum Gasteiger partial charge on any atom is 0.241 e. The molecule has 1 saturated carbocycles. The lowest BCUT2D eigenvalue weighted by molar-refractivity contribution is -0.127. The summed E-state index contributed by atoms with van der Waals surface area (Å²) in [5, 5.41) is 10.5. The summed E-state index contributed by atoms with van der Waals surface area (Å²) in [7, 11) is 4.87. The molecule has 0 spiro atoms. The molecule has 2 aromatic heterocycles. The largest absolute Gasteiger partial charge is 0.361 e. The molecule has 1 fully saturated rings. The fraction of sp³-hybridized carbons (Fsp3) is 0.304. The molecule has 4 aromatic rings. The number of benzene rings is 2. The Morgan fingerprint density at radius 1 is 1.31 bits per heavy atom. The van der Waals surface area contributed by atoms with Crippen LogP contribution in [0.2, 0.25) is 5.02 Å². The molecule has 1 aliphatic rings. The summed E-state index contributed by atoms with van der Waals surface area (Å²) in [6.07, 6.45) is 0.709. The lowest BCUT2D eigenvalue weighted by atomic mass is 10.00. The second-order valence-corrected chi connectivity index (χ2v) is 10.1. The smallest absolute Gasteiger partial charge is 0.241 e. The summed E-state index contributed by atoms with van der Waals surface area (Å²) in [6.45, 7) is -0.0426. The number of thiazole rings is 1. The van der Waals surface area contributed by atoms with Gasteiger partial charge in [-0.15, -0.1) is 0 Å². The number of aromatic amines is 1. The van der Waals surface area contributed by atoms with Crippen LogP contribution in [-0.2, 0) is 9.59 Å². The zero-order valence-corrected chi connectivity index (χ0v) is 20.6. The van der Waals surface area contributed by atoms with Gasteiger partial charge in [-0.25, -0.2) is 13.8 Å². The van der Waals surface area contributed by atoms with Crippen molar-refractivity contribution in [3.05, 3.63) is 35.2 Å². The molecule has 2 N–H and O–H groups in total. The Hall–Kier alpha value is -3.31. The van der Waals surface area contributed by atoms with Crippen molar-refractivity contribution < 1.29 is 18.4 Å². The molecule has 0 radical (unpaired) electrons. The van der Waals surface area contributed by atoms with E-state index in [1.165, 1.54) is 21.1 Å². The van der Waals surface area contributed by atoms with Crippen molar-refractivity contribution in [3.8, 4) is 11.1 Å². The Morgan fingerprint density at radius 3 is 2.74 bits per heavy atom. The van der Waals surface area contributed by atoms with E-state index in [4.69, 9.17) is 11.6 Å². The number of hydrogen-bond acceptors (Lipinski definition) is 6. The Balaban J connectivity index is 1.54. The number of halogens is 3. The van der Waals surface area contributed by atoms with Crippen molar-refractivity contribution in [2.75, 3.05) is 37.9 Å². The summed E-state index contributed by atoms with van der Waals surface area (Å²) in [5.41, 5.74) is 2.29. The zero-order chi connectivity index (χ0) is 25.0. The van der Waals surface area contributed by atoms with Gasteiger partial charge >= 0.3 is 0 Å². The predicted octanol–water partition coefficient (Wildman–Crippen LogP) is 4.45. The first kappa shape index (κ1) is 23.4. The van der Waals surface area contributed by atoms with Gasteiger partial charge in [-0.1, -0.05) is 29.0 Å². The maximum absolute atomic E-state index is 15.6. The van der Waals surface area contributed by atoms with Gasteiger partial charge in [0.1, 0.15) is 11.9 Å². The Bertz CT molecular complexity index is 1490. The van der Waals surface area contributed by atoms with Gasteiger partial charge in [-0.3, -0.25) is 14.7 Å². The van der Waals surface area contributed by atoms with Crippen LogP contribution in [-0.4, -0.2) is 65.8 Å². The van der Waals surface area contributed by atoms with Gasteiger partial charge in [0, 0.05) is 32.1 Å². The van der Waals surface area contributed by atoms with Crippen LogP contribution in [0.15, 0.2) is 24.4 Å². The van der Waals surface area contributed by atoms with E-state index < -0.39 is 17.9 Å². The SMILES string of the molecule is CN(C)C(=O)CN(C)c1c(F)c(Cl)c(-c2ccc3nc(NC(=O)[C@@H]4C[C@@H]4F)sc3c2)c2cn[nH]c12. The Labute approximate surface area is 207 Å². The first-order chi connectivity index (χ1) is 16.7. The number of nitrogens with zero attached hydrogens (tertiary/aromatic N) is 4. The maximum atomic E-state index is 15.6. The highest BCUT2D eigenvalue weighted by Crippen LogP contribution is 2.43. The highest BCUT2D eigenvalue weighted by molar-refractivity contribution is 7.22. The molecule has 2 amide bonds. The fourth-order valence-electron chi connectivity index (χ4n) is 3.93. The number of H-pyrrole nitrogens is 1. The molecule has 12 heteroatoms. The normalized spacial score (nSPS) is 17.1. The molecule has 0 saturated heterocycles. The van der Waals surface area contributed by atoms with Gasteiger partial charge in [0.05, 0.1) is 39.4 Å². The fourth-order valence-corrected chi connectivity index (χ4v) is 5.14. The van der Waals surface area contributed by atoms with Crippen molar-refractivity contribution in [3.63, 3.8) is 0 Å². The van der Waals surface area contributed by atoms with Gasteiger partial charge in [0.2, 0.25) is 11.8 Å². The highest BCUT2D eigenvalue weighted by atomic mass is 35.5. The molecule has 182 valence electrons. The van der Waals surface area contributed by atoms with E-state index in [1.54, 1.807) is 39.5 Å². The first-order valence-electron chi connectivity index (χ1n) is 10.8. The number of aromatic nitrogens is 3. The zero-order valence-electron chi connectivity index (χ0n) is 19.0. The van der Waals surface area contributed by atoms with Crippen LogP contribution in [0.4, 0.5) is 19.6 Å². The van der Waals surface area contributed by atoms with E-state index in [-0.39, 0.29) is 35.5 Å². The third kappa shape index (κ3) is 4.19. The van der Waals surface area contributed by atoms with Crippen LogP contribution < -0.4 is 10.2 Å². The quantitative estimate of drug-likeness (QED) is 0.393. The van der Waals surface area contributed by atoms with Crippen LogP contribution in [0.25, 0.3) is 32.2 Å². The third-order valence-corrected chi connectivity index (χ3v) is 7.26. The van der Waals surface area contributed by atoms with Crippen LogP contribution in [0.3, 0.4) is 0 Å². The summed E-state index contributed by atoms with van der Waals surface area (Å²) >= 11 is 7.79. The van der Waals surface area contributed by atoms with Gasteiger partial charge < -0.3 is 15.1 Å². The molecule has 2 aromatic carbocycles. The number of carbonyl (C=O) groups excluding carboxylic acids is 2. The average Bonchev–Trinajstić information content (AvgIpc) is 3.17. The molecule has 1 aliphatic carbocycles. The average molecular weight is 519 g/mol. The molecule has 8 nitrogen and oxygen atoms in total. The van der Waals surface area contributed by atoms with Gasteiger partial charge in [-0.2, -0.15) is 5.10 Å². The summed E-state index contributed by atoms with van der Waals surface area (Å²) in [4.78, 5) is 31.6. The van der Waals surface area contributed by atoms with E-state index in [1.807, 2.05) is 6.07 Å². The lowest BCUT2D eigenvalue weighted by Crippen LogP contribution is -2.34. The van der Waals surface area contributed by atoms with Crippen molar-refractivity contribution in [1.29, 1.82) is 0 Å². The number of nitrogens with one attached hydrogen (secondary N) is 2. The van der Waals surface area contributed by atoms with E-state index >= 15 is 4.39 Å². The minimum Gasteiger partial charge on any atom is -0.361 e. The van der Waals surface area contributed by atoms with Crippen LogP contribution in [0.1, 0.15) is 6.42 Å². The van der Waals surface area contributed by atoms with Crippen molar-refractivity contribution >= 4 is 66.7 Å². The monoisotopic (exact) mass is 518 g/mol. The van der Waals surface area contributed by atoms with E-state index in [9.17, 15) is 14.0 Å². The summed E-state index contributed by atoms with van der Waals surface area (Å²) < 4.78 is 29.5. The van der Waals surface area contributed by atoms with Gasteiger partial charge in [0.25, 0.3) is 0 Å². The van der Waals surface area contributed by atoms with Crippen LogP contribution >= 0.6 is 22.9 Å². The van der Waals surface area contributed by atoms with E-state index in [0.717, 1.165) is 4.70 Å². The number of anilines is 2. The number of alkyl halides is 1. The molecule has 0 unspecified atom stereocenters. The molecular formula is C23H21ClF2N6O2S. The summed E-state index contributed by atoms with van der Waals surface area (Å²) in [5.74, 6) is -1.86. The topological polar surface area (TPSA) is 94.2 Å². The highest BCUT2D eigenvalue weighted by Gasteiger charge is 2.43. The van der Waals surface area contributed by atoms with E-state index in [2.05, 4.69) is 20.5 Å². The molecule has 0 aliphatic heterocycles. The molecular weight excluding hydrogens is 498 g/mol. The Morgan fingerprint density at radius 2 is 2.06 bits per heavy atom. The third-order valence-electron chi connectivity index (χ3n) is 5.98. The molecule has 5 rings (SSSR count). The number of amides is 2. The van der Waals surface area contributed by atoms with Gasteiger partial charge in [0.15, 0.2) is 10.9 Å². The predicted molar refractivity (Wildman–Crippen MR) is 133 cm³/mol. The second-order valence-electron chi connectivity index (χ2n) is 8.70. The number of hydrogen-bond donors (Lipinski definition) is 2. The molecule has 35 heavy (non-hydrogen) atoms. The van der Waals surface area contributed by atoms with E-state index in [0.29, 0.717) is 32.7 Å². The second kappa shape index (κ2) is 8.72. The minimum absolute atomic E-state index is 0.0426. The van der Waals surface area contributed by atoms with Crippen LogP contribution in [0.5, 0.6) is 0 Å². The molecule has 2 heterocycles. The number of rotatable bonds is 6. The van der Waals surface area contributed by atoms with Crippen molar-refractivity contribution in [1.82, 2.24) is 20.1 Å². The number of likely N-dealkylation sites (N-methyl/N-ethyl adjacent to an activating group) is 2. The minimum atomic E-state index is -1.09. The number of fused-ring (bicyclic) bond motifs is 2. The standard InChI is InChI=1S/C23H21ClF2N6O2S/c1-31(2)16(33)9-32(3)21-19(26)18(24)17(12-8-27-30-20(12)21)10-4-5-14-15(6-10)35-23(28-14)29-22(34)11-7-13(11)25/h4-6,8,11,13H,7,9H2,1-3H3,(H,27,30)(H,28,29,34)/t11-,13+/m1/s1. The first-order valence-corrected chi connectivity index (χ1v) is 12.0. The number of carbonyl (C=O) groups is 2.